The number of nitrogens with one attached hydrogen (secondary N) is 2. The first-order valence-electron chi connectivity index (χ1n) is 8.96. The molecule has 25 heavy (non-hydrogen) atoms. The van der Waals surface area contributed by atoms with E-state index in [4.69, 9.17) is 0 Å². The number of benzene rings is 1. The van der Waals surface area contributed by atoms with Crippen molar-refractivity contribution in [3.8, 4) is 0 Å². The monoisotopic (exact) mass is 341 g/mol. The van der Waals surface area contributed by atoms with E-state index in [-0.39, 0.29) is 11.7 Å². The molecule has 0 bridgehead atoms. The van der Waals surface area contributed by atoms with Crippen molar-refractivity contribution in [2.45, 2.75) is 51.1 Å². The first-order valence-corrected chi connectivity index (χ1v) is 8.96. The lowest BCUT2D eigenvalue weighted by Crippen LogP contribution is -2.24. The minimum atomic E-state index is -0.283. The van der Waals surface area contributed by atoms with Gasteiger partial charge in [-0.1, -0.05) is 37.8 Å². The van der Waals surface area contributed by atoms with Crippen molar-refractivity contribution in [1.82, 2.24) is 10.3 Å². The van der Waals surface area contributed by atoms with Crippen molar-refractivity contribution in [3.63, 3.8) is 0 Å². The van der Waals surface area contributed by atoms with Crippen LogP contribution < -0.4 is 10.6 Å². The van der Waals surface area contributed by atoms with E-state index in [1.165, 1.54) is 50.7 Å². The van der Waals surface area contributed by atoms with Crippen molar-refractivity contribution in [3.05, 3.63) is 59.7 Å². The van der Waals surface area contributed by atoms with Gasteiger partial charge < -0.3 is 10.6 Å². The molecule has 1 amide bonds. The summed E-state index contributed by atoms with van der Waals surface area (Å²) in [6, 6.07) is 10.3. The lowest BCUT2D eigenvalue weighted by atomic mass is 10.1. The number of carbonyl (C=O) groups excluding carboxylic acids is 1. The van der Waals surface area contributed by atoms with Crippen molar-refractivity contribution in [1.29, 1.82) is 0 Å². The third kappa shape index (κ3) is 5.28. The molecule has 0 spiro atoms. The molecule has 5 heteroatoms. The highest BCUT2D eigenvalue weighted by atomic mass is 19.1. The van der Waals surface area contributed by atoms with Gasteiger partial charge in [-0.2, -0.15) is 0 Å². The molecule has 0 unspecified atom stereocenters. The second-order valence-electron chi connectivity index (χ2n) is 6.57. The van der Waals surface area contributed by atoms with Crippen LogP contribution in [-0.2, 0) is 6.54 Å². The Kier molecular flexibility index (Phi) is 5.99. The number of amides is 1. The summed E-state index contributed by atoms with van der Waals surface area (Å²) < 4.78 is 12.9. The molecule has 1 aliphatic carbocycles. The maximum atomic E-state index is 12.9. The number of hydrogen-bond acceptors (Lipinski definition) is 3. The Bertz CT molecular complexity index is 694. The van der Waals surface area contributed by atoms with Gasteiger partial charge in [-0.3, -0.25) is 9.78 Å². The quantitative estimate of drug-likeness (QED) is 0.798. The van der Waals surface area contributed by atoms with Gasteiger partial charge in [0.05, 0.1) is 0 Å². The lowest BCUT2D eigenvalue weighted by molar-refractivity contribution is 0.0946. The van der Waals surface area contributed by atoms with E-state index in [2.05, 4.69) is 15.6 Å². The van der Waals surface area contributed by atoms with Gasteiger partial charge in [-0.05, 0) is 42.7 Å². The molecule has 3 rings (SSSR count). The van der Waals surface area contributed by atoms with Gasteiger partial charge in [0, 0.05) is 24.5 Å². The van der Waals surface area contributed by atoms with Crippen molar-refractivity contribution < 1.29 is 9.18 Å². The molecule has 0 atom stereocenters. The standard InChI is InChI=1S/C20H24FN3O/c21-16-9-7-15(8-10-16)14-23-20(25)19-13-18(11-12-22-19)24-17-5-3-1-2-4-6-17/h7-13,17H,1-6,14H2,(H,22,24)(H,23,25). The van der Waals surface area contributed by atoms with Gasteiger partial charge >= 0.3 is 0 Å². The largest absolute Gasteiger partial charge is 0.382 e. The van der Waals surface area contributed by atoms with Gasteiger partial charge in [0.25, 0.3) is 5.91 Å². The highest BCUT2D eigenvalue weighted by molar-refractivity contribution is 5.93. The summed E-state index contributed by atoms with van der Waals surface area (Å²) in [5.41, 5.74) is 2.18. The van der Waals surface area contributed by atoms with E-state index in [9.17, 15) is 9.18 Å². The summed E-state index contributed by atoms with van der Waals surface area (Å²) in [5.74, 6) is -0.511. The van der Waals surface area contributed by atoms with Gasteiger partial charge in [0.1, 0.15) is 11.5 Å². The lowest BCUT2D eigenvalue weighted by Gasteiger charge is -2.17. The minimum absolute atomic E-state index is 0.228. The molecule has 0 radical (unpaired) electrons. The number of nitrogens with zero attached hydrogens (tertiary/aromatic N) is 1. The van der Waals surface area contributed by atoms with E-state index in [0.717, 1.165) is 11.3 Å². The highest BCUT2D eigenvalue weighted by Gasteiger charge is 2.13. The summed E-state index contributed by atoms with van der Waals surface area (Å²) in [4.78, 5) is 16.5. The van der Waals surface area contributed by atoms with Crippen molar-refractivity contribution in [2.75, 3.05) is 5.32 Å². The van der Waals surface area contributed by atoms with Crippen LogP contribution in [-0.4, -0.2) is 16.9 Å². The number of pyridine rings is 1. The molecule has 132 valence electrons. The van der Waals surface area contributed by atoms with Crippen LogP contribution in [0.2, 0.25) is 0 Å². The molecular weight excluding hydrogens is 317 g/mol. The van der Waals surface area contributed by atoms with Crippen LogP contribution in [0.25, 0.3) is 0 Å². The zero-order valence-corrected chi connectivity index (χ0v) is 14.3. The molecule has 0 saturated heterocycles. The van der Waals surface area contributed by atoms with Crippen LogP contribution in [0.5, 0.6) is 0 Å². The third-order valence-corrected chi connectivity index (χ3v) is 4.58. The number of carbonyl (C=O) groups is 1. The average Bonchev–Trinajstić information content (AvgIpc) is 2.90. The summed E-state index contributed by atoms with van der Waals surface area (Å²) >= 11 is 0. The van der Waals surface area contributed by atoms with E-state index in [1.807, 2.05) is 6.07 Å². The smallest absolute Gasteiger partial charge is 0.270 e. The first kappa shape index (κ1) is 17.4. The number of anilines is 1. The van der Waals surface area contributed by atoms with Crippen LogP contribution in [0.15, 0.2) is 42.6 Å². The maximum absolute atomic E-state index is 12.9. The normalized spacial score (nSPS) is 15.4. The zero-order chi connectivity index (χ0) is 17.5. The van der Waals surface area contributed by atoms with Crippen LogP contribution >= 0.6 is 0 Å². The molecule has 1 aromatic carbocycles. The fourth-order valence-corrected chi connectivity index (χ4v) is 3.18. The molecule has 0 aliphatic heterocycles. The fraction of sp³-hybridized carbons (Fsp3) is 0.400. The van der Waals surface area contributed by atoms with Gasteiger partial charge in [-0.15, -0.1) is 0 Å². The molecule has 2 N–H and O–H groups in total. The minimum Gasteiger partial charge on any atom is -0.382 e. The van der Waals surface area contributed by atoms with Crippen LogP contribution in [0, 0.1) is 5.82 Å². The van der Waals surface area contributed by atoms with Crippen LogP contribution in [0.3, 0.4) is 0 Å². The SMILES string of the molecule is O=C(NCc1ccc(F)cc1)c1cc(NC2CCCCCC2)ccn1. The number of rotatable bonds is 5. The Morgan fingerprint density at radius 1 is 1.08 bits per heavy atom. The highest BCUT2D eigenvalue weighted by Crippen LogP contribution is 2.21. The molecular formula is C20H24FN3O. The number of hydrogen-bond donors (Lipinski definition) is 2. The summed E-state index contributed by atoms with van der Waals surface area (Å²) in [5, 5.41) is 6.36. The molecule has 1 aromatic heterocycles. The van der Waals surface area contributed by atoms with Crippen LogP contribution in [0.4, 0.5) is 10.1 Å². The molecule has 1 fully saturated rings. The zero-order valence-electron chi connectivity index (χ0n) is 14.3. The average molecular weight is 341 g/mol. The predicted octanol–water partition coefficient (Wildman–Crippen LogP) is 4.29. The Balaban J connectivity index is 1.58. The Labute approximate surface area is 147 Å². The Morgan fingerprint density at radius 2 is 1.80 bits per heavy atom. The fourth-order valence-electron chi connectivity index (χ4n) is 3.18. The number of halogens is 1. The summed E-state index contributed by atoms with van der Waals surface area (Å²) in [6.45, 7) is 0.348. The van der Waals surface area contributed by atoms with Gasteiger partial charge in [0.15, 0.2) is 0 Å². The number of aromatic nitrogens is 1. The van der Waals surface area contributed by atoms with Gasteiger partial charge in [0.2, 0.25) is 0 Å². The van der Waals surface area contributed by atoms with E-state index < -0.39 is 0 Å². The van der Waals surface area contributed by atoms with E-state index in [0.29, 0.717) is 18.3 Å². The Hall–Kier alpha value is -2.43. The Morgan fingerprint density at radius 3 is 2.52 bits per heavy atom. The molecule has 1 saturated carbocycles. The second-order valence-corrected chi connectivity index (χ2v) is 6.57. The second kappa shape index (κ2) is 8.60. The predicted molar refractivity (Wildman–Crippen MR) is 96.9 cm³/mol. The third-order valence-electron chi connectivity index (χ3n) is 4.58. The van der Waals surface area contributed by atoms with Gasteiger partial charge in [-0.25, -0.2) is 4.39 Å². The summed E-state index contributed by atoms with van der Waals surface area (Å²) in [7, 11) is 0. The topological polar surface area (TPSA) is 54.0 Å². The van der Waals surface area contributed by atoms with Crippen LogP contribution in [0.1, 0.15) is 54.6 Å². The first-order chi connectivity index (χ1) is 12.2. The molecule has 2 aromatic rings. The molecule has 1 heterocycles. The van der Waals surface area contributed by atoms with E-state index in [1.54, 1.807) is 24.4 Å². The molecule has 1 aliphatic rings. The molecule has 4 nitrogen and oxygen atoms in total. The maximum Gasteiger partial charge on any atom is 0.270 e. The summed E-state index contributed by atoms with van der Waals surface area (Å²) in [6.07, 6.45) is 9.15. The van der Waals surface area contributed by atoms with Crippen molar-refractivity contribution >= 4 is 11.6 Å². The van der Waals surface area contributed by atoms with E-state index >= 15 is 0 Å². The van der Waals surface area contributed by atoms with Crippen molar-refractivity contribution in [2.24, 2.45) is 0 Å².